The second-order valence-electron chi connectivity index (χ2n) is 5.53. The highest BCUT2D eigenvalue weighted by Crippen LogP contribution is 2.32. The van der Waals surface area contributed by atoms with Crippen molar-refractivity contribution in [2.75, 3.05) is 7.11 Å². The van der Waals surface area contributed by atoms with E-state index in [9.17, 15) is 19.8 Å². The Kier molecular flexibility index (Phi) is 7.05. The van der Waals surface area contributed by atoms with Gasteiger partial charge in [0.1, 0.15) is 5.75 Å². The molecule has 0 unspecified atom stereocenters. The van der Waals surface area contributed by atoms with Gasteiger partial charge < -0.3 is 14.9 Å². The number of phenolic OH excluding ortho intramolecular Hbond substituents is 2. The van der Waals surface area contributed by atoms with Crippen LogP contribution < -0.4 is 4.74 Å². The van der Waals surface area contributed by atoms with Gasteiger partial charge in [0.05, 0.1) is 18.6 Å². The zero-order chi connectivity index (χ0) is 20.0. The van der Waals surface area contributed by atoms with Crippen LogP contribution in [-0.2, 0) is 9.59 Å². The second-order valence-corrected chi connectivity index (χ2v) is 6.38. The van der Waals surface area contributed by atoms with Crippen LogP contribution in [0.3, 0.4) is 0 Å². The van der Waals surface area contributed by atoms with E-state index in [2.05, 4.69) is 0 Å². The third kappa shape index (κ3) is 5.88. The highest BCUT2D eigenvalue weighted by atomic mass is 35.5. The predicted octanol–water partition coefficient (Wildman–Crippen LogP) is 4.67. The molecule has 27 heavy (non-hydrogen) atoms. The summed E-state index contributed by atoms with van der Waals surface area (Å²) in [4.78, 5) is 23.8. The predicted molar refractivity (Wildman–Crippen MR) is 105 cm³/mol. The number of methoxy groups -OCH3 is 1. The number of carbonyl (C=O) groups is 2. The van der Waals surface area contributed by atoms with Crippen molar-refractivity contribution >= 4 is 46.9 Å². The molecule has 0 spiro atoms. The van der Waals surface area contributed by atoms with E-state index in [-0.39, 0.29) is 28.5 Å². The molecule has 2 N–H and O–H groups in total. The van der Waals surface area contributed by atoms with Crippen LogP contribution in [0, 0.1) is 0 Å². The van der Waals surface area contributed by atoms with Crippen LogP contribution in [0.5, 0.6) is 17.2 Å². The average molecular weight is 407 g/mol. The topological polar surface area (TPSA) is 83.8 Å². The van der Waals surface area contributed by atoms with E-state index in [0.29, 0.717) is 16.3 Å². The van der Waals surface area contributed by atoms with Crippen molar-refractivity contribution in [3.8, 4) is 17.2 Å². The molecule has 0 saturated carbocycles. The van der Waals surface area contributed by atoms with Crippen LogP contribution in [0.15, 0.2) is 42.5 Å². The fourth-order valence-corrected chi connectivity index (χ4v) is 2.69. The van der Waals surface area contributed by atoms with Crippen molar-refractivity contribution in [2.45, 2.75) is 6.42 Å². The number of aromatic hydroxyl groups is 2. The molecule has 0 heterocycles. The van der Waals surface area contributed by atoms with Gasteiger partial charge in [-0.3, -0.25) is 9.59 Å². The number of halogens is 2. The standard InChI is InChI=1S/C20H16Cl2O5/c1-27-19-7-3-12(8-18(19)25)2-5-15(23)11-16(24)6-4-13-9-14(21)10-17(22)20(13)26/h2-10,25-26H,11H2,1H3. The molecule has 7 heteroatoms. The van der Waals surface area contributed by atoms with Gasteiger partial charge in [-0.25, -0.2) is 0 Å². The lowest BCUT2D eigenvalue weighted by Gasteiger charge is -2.03. The maximum atomic E-state index is 11.9. The number of phenols is 2. The molecule has 0 aliphatic carbocycles. The molecule has 0 aliphatic heterocycles. The summed E-state index contributed by atoms with van der Waals surface area (Å²) in [5, 5.41) is 19.9. The van der Waals surface area contributed by atoms with Gasteiger partial charge >= 0.3 is 0 Å². The van der Waals surface area contributed by atoms with E-state index in [0.717, 1.165) is 0 Å². The summed E-state index contributed by atoms with van der Waals surface area (Å²) in [6.07, 6.45) is 4.91. The average Bonchev–Trinajstić information content (AvgIpc) is 2.62. The van der Waals surface area contributed by atoms with Gasteiger partial charge in [0, 0.05) is 10.6 Å². The molecule has 0 aliphatic rings. The first-order valence-corrected chi connectivity index (χ1v) is 8.52. The Bertz CT molecular complexity index is 932. The zero-order valence-electron chi connectivity index (χ0n) is 14.3. The van der Waals surface area contributed by atoms with Crippen molar-refractivity contribution in [1.29, 1.82) is 0 Å². The summed E-state index contributed by atoms with van der Waals surface area (Å²) >= 11 is 11.7. The van der Waals surface area contributed by atoms with Crippen LogP contribution in [0.25, 0.3) is 12.2 Å². The maximum Gasteiger partial charge on any atom is 0.163 e. The minimum atomic E-state index is -0.447. The molecule has 0 bridgehead atoms. The molecule has 2 aromatic carbocycles. The van der Waals surface area contributed by atoms with Crippen molar-refractivity contribution in [1.82, 2.24) is 0 Å². The molecule has 0 saturated heterocycles. The summed E-state index contributed by atoms with van der Waals surface area (Å²) < 4.78 is 4.94. The third-order valence-electron chi connectivity index (χ3n) is 3.52. The molecule has 0 radical (unpaired) electrons. The first-order valence-electron chi connectivity index (χ1n) is 7.77. The van der Waals surface area contributed by atoms with Gasteiger partial charge in [-0.2, -0.15) is 0 Å². The number of benzene rings is 2. The number of ether oxygens (including phenoxy) is 1. The largest absolute Gasteiger partial charge is 0.506 e. The molecule has 0 fully saturated rings. The fourth-order valence-electron chi connectivity index (χ4n) is 2.19. The monoisotopic (exact) mass is 406 g/mol. The Labute approximate surface area is 166 Å². The van der Waals surface area contributed by atoms with Crippen LogP contribution >= 0.6 is 23.2 Å². The van der Waals surface area contributed by atoms with Gasteiger partial charge in [-0.15, -0.1) is 0 Å². The first-order chi connectivity index (χ1) is 12.8. The van der Waals surface area contributed by atoms with Gasteiger partial charge in [0.2, 0.25) is 0 Å². The van der Waals surface area contributed by atoms with Crippen molar-refractivity contribution in [3.05, 3.63) is 63.7 Å². The van der Waals surface area contributed by atoms with Gasteiger partial charge in [-0.05, 0) is 48.1 Å². The highest BCUT2D eigenvalue weighted by Gasteiger charge is 2.08. The van der Waals surface area contributed by atoms with E-state index < -0.39 is 11.6 Å². The van der Waals surface area contributed by atoms with E-state index in [1.165, 1.54) is 49.6 Å². The molecule has 2 rings (SSSR count). The van der Waals surface area contributed by atoms with E-state index in [1.54, 1.807) is 12.1 Å². The van der Waals surface area contributed by atoms with E-state index >= 15 is 0 Å². The molecule has 0 atom stereocenters. The molecule has 0 aromatic heterocycles. The summed E-state index contributed by atoms with van der Waals surface area (Å²) in [5.74, 6) is -0.782. The lowest BCUT2D eigenvalue weighted by molar-refractivity contribution is -0.121. The minimum absolute atomic E-state index is 0.0499. The molecular formula is C20H16Cl2O5. The van der Waals surface area contributed by atoms with Gasteiger partial charge in [-0.1, -0.05) is 35.3 Å². The maximum absolute atomic E-state index is 11.9. The van der Waals surface area contributed by atoms with Crippen molar-refractivity contribution in [2.24, 2.45) is 0 Å². The van der Waals surface area contributed by atoms with Gasteiger partial charge in [0.15, 0.2) is 23.1 Å². The Hall–Kier alpha value is -2.76. The van der Waals surface area contributed by atoms with E-state index in [1.807, 2.05) is 0 Å². The molecular weight excluding hydrogens is 391 g/mol. The zero-order valence-corrected chi connectivity index (χ0v) is 15.8. The normalized spacial score (nSPS) is 11.2. The lowest BCUT2D eigenvalue weighted by atomic mass is 10.1. The molecule has 5 nitrogen and oxygen atoms in total. The minimum Gasteiger partial charge on any atom is -0.506 e. The SMILES string of the molecule is COc1ccc(C=CC(=O)CC(=O)C=Cc2cc(Cl)cc(Cl)c2O)cc1O. The third-order valence-corrected chi connectivity index (χ3v) is 4.03. The number of carbonyl (C=O) groups excluding carboxylic acids is 2. The Morgan fingerprint density at radius 3 is 2.33 bits per heavy atom. The quantitative estimate of drug-likeness (QED) is 0.515. The highest BCUT2D eigenvalue weighted by molar-refractivity contribution is 6.35. The van der Waals surface area contributed by atoms with E-state index in [4.69, 9.17) is 27.9 Å². The van der Waals surface area contributed by atoms with Crippen LogP contribution in [0.2, 0.25) is 10.0 Å². The number of rotatable bonds is 7. The molecule has 2 aromatic rings. The summed E-state index contributed by atoms with van der Waals surface area (Å²) in [5.41, 5.74) is 0.862. The summed E-state index contributed by atoms with van der Waals surface area (Å²) in [6.45, 7) is 0. The van der Waals surface area contributed by atoms with Crippen LogP contribution in [0.1, 0.15) is 17.5 Å². The Morgan fingerprint density at radius 2 is 1.70 bits per heavy atom. The summed E-state index contributed by atoms with van der Waals surface area (Å²) in [7, 11) is 1.43. The first kappa shape index (κ1) is 20.6. The number of ketones is 2. The Morgan fingerprint density at radius 1 is 1.04 bits per heavy atom. The van der Waals surface area contributed by atoms with Crippen molar-refractivity contribution in [3.63, 3.8) is 0 Å². The lowest BCUT2D eigenvalue weighted by Crippen LogP contribution is -2.01. The molecule has 140 valence electrons. The number of hydrogen-bond acceptors (Lipinski definition) is 5. The van der Waals surface area contributed by atoms with Crippen LogP contribution in [-0.4, -0.2) is 28.9 Å². The number of hydrogen-bond donors (Lipinski definition) is 2. The Balaban J connectivity index is 1.99. The fraction of sp³-hybridized carbons (Fsp3) is 0.100. The smallest absolute Gasteiger partial charge is 0.163 e. The van der Waals surface area contributed by atoms with Crippen molar-refractivity contribution < 1.29 is 24.5 Å². The molecule has 0 amide bonds. The van der Waals surface area contributed by atoms with Gasteiger partial charge in [0.25, 0.3) is 0 Å². The second kappa shape index (κ2) is 9.26. The summed E-state index contributed by atoms with van der Waals surface area (Å²) in [6, 6.07) is 7.50. The number of allylic oxidation sites excluding steroid dienone is 2. The van der Waals surface area contributed by atoms with Crippen LogP contribution in [0.4, 0.5) is 0 Å².